The topological polar surface area (TPSA) is 217 Å². The highest BCUT2D eigenvalue weighted by Gasteiger charge is 2.33. The van der Waals surface area contributed by atoms with E-state index in [1.54, 1.807) is 24.3 Å². The quantitative estimate of drug-likeness (QED) is 0.0192. The molecule has 55 heavy (non-hydrogen) atoms. The van der Waals surface area contributed by atoms with Crippen LogP contribution in [0.3, 0.4) is 0 Å². The summed E-state index contributed by atoms with van der Waals surface area (Å²) in [4.78, 5) is 26.3. The van der Waals surface area contributed by atoms with Gasteiger partial charge in [0.25, 0.3) is 0 Å². The summed E-state index contributed by atoms with van der Waals surface area (Å²) in [6.45, 7) is 4.38. The Morgan fingerprint density at radius 2 is 1.47 bits per heavy atom. The molecule has 0 unspecified atom stereocenters. The molecule has 5 rings (SSSR count). The standard InChI is InChI=1S/C43H47NO11/c1-3-5-6-9-24(21-39(51)55-42(43(53)54)32(23-44-4-2)26-16-17-34(46)35(47)19-26)31-22-37(49)36(48)18-25(31)14-15-27-20-38(50)41(52)30-12-7-10-28-29(40(27)30)11-8-13-33(28)45/h8,11,13-22,32,42,44-50,52H,3-7,9-10,12,23H2,1-2H3,(H,53,54)/b15-14+,24-21+/t32-,42-/m1/s1. The molecule has 12 heteroatoms. The van der Waals surface area contributed by atoms with Crippen LogP contribution in [-0.4, -0.2) is 72.0 Å². The summed E-state index contributed by atoms with van der Waals surface area (Å²) < 4.78 is 5.62. The van der Waals surface area contributed by atoms with Gasteiger partial charge in [0.15, 0.2) is 34.5 Å². The average molecular weight is 754 g/mol. The normalized spacial score (nSPS) is 13.8. The molecule has 0 spiro atoms. The van der Waals surface area contributed by atoms with E-state index >= 15 is 0 Å². The lowest BCUT2D eigenvalue weighted by Crippen LogP contribution is -2.38. The number of allylic oxidation sites excluding steroid dienone is 1. The van der Waals surface area contributed by atoms with Crippen LogP contribution >= 0.6 is 0 Å². The third-order valence-electron chi connectivity index (χ3n) is 9.86. The van der Waals surface area contributed by atoms with Gasteiger partial charge >= 0.3 is 11.9 Å². The second-order valence-corrected chi connectivity index (χ2v) is 13.6. The molecule has 4 aromatic carbocycles. The Labute approximate surface area is 318 Å². The number of hydrogen-bond acceptors (Lipinski definition) is 11. The number of phenolic OH excluding ortho intramolecular Hbond substituents is 7. The lowest BCUT2D eigenvalue weighted by Gasteiger charge is -2.25. The molecule has 0 radical (unpaired) electrons. The largest absolute Gasteiger partial charge is 0.508 e. The fraction of sp³-hybridized carbons (Fsp3) is 0.302. The van der Waals surface area contributed by atoms with Gasteiger partial charge in [0.2, 0.25) is 6.10 Å². The number of benzene rings is 4. The first-order valence-electron chi connectivity index (χ1n) is 18.3. The number of nitrogens with one attached hydrogen (secondary N) is 1. The van der Waals surface area contributed by atoms with Gasteiger partial charge in [-0.1, -0.05) is 57.0 Å². The van der Waals surface area contributed by atoms with E-state index in [1.807, 2.05) is 19.9 Å². The first-order chi connectivity index (χ1) is 26.3. The molecule has 0 bridgehead atoms. The van der Waals surface area contributed by atoms with E-state index < -0.39 is 47.0 Å². The van der Waals surface area contributed by atoms with Crippen LogP contribution in [0.1, 0.15) is 85.3 Å². The van der Waals surface area contributed by atoms with E-state index in [1.165, 1.54) is 42.5 Å². The minimum absolute atomic E-state index is 0.0689. The van der Waals surface area contributed by atoms with Crippen molar-refractivity contribution in [3.8, 4) is 51.4 Å². The summed E-state index contributed by atoms with van der Waals surface area (Å²) >= 11 is 0. The molecule has 290 valence electrons. The van der Waals surface area contributed by atoms with Gasteiger partial charge in [-0.15, -0.1) is 0 Å². The smallest absolute Gasteiger partial charge is 0.345 e. The van der Waals surface area contributed by atoms with Crippen molar-refractivity contribution < 1.29 is 55.2 Å². The lowest BCUT2D eigenvalue weighted by atomic mass is 9.89. The number of phenols is 7. The molecule has 0 amide bonds. The number of carbonyl (C=O) groups excluding carboxylic acids is 1. The van der Waals surface area contributed by atoms with Crippen LogP contribution < -0.4 is 5.32 Å². The molecule has 4 aromatic rings. The number of aromatic hydroxyl groups is 7. The van der Waals surface area contributed by atoms with E-state index in [4.69, 9.17) is 4.74 Å². The van der Waals surface area contributed by atoms with Crippen molar-refractivity contribution in [2.45, 2.75) is 70.8 Å². The molecule has 12 nitrogen and oxygen atoms in total. The van der Waals surface area contributed by atoms with Crippen molar-refractivity contribution in [2.24, 2.45) is 0 Å². The van der Waals surface area contributed by atoms with Crippen molar-refractivity contribution in [1.82, 2.24) is 5.32 Å². The van der Waals surface area contributed by atoms with Crippen LogP contribution in [-0.2, 0) is 27.2 Å². The molecule has 0 saturated carbocycles. The van der Waals surface area contributed by atoms with Crippen LogP contribution in [0.4, 0.5) is 0 Å². The third kappa shape index (κ3) is 9.15. The van der Waals surface area contributed by atoms with Crippen LogP contribution in [0.5, 0.6) is 40.2 Å². The van der Waals surface area contributed by atoms with Crippen molar-refractivity contribution in [3.63, 3.8) is 0 Å². The molecule has 0 saturated heterocycles. The summed E-state index contributed by atoms with van der Waals surface area (Å²) in [7, 11) is 0. The average Bonchev–Trinajstić information content (AvgIpc) is 3.35. The number of fused-ring (bicyclic) bond motifs is 3. The van der Waals surface area contributed by atoms with Crippen molar-refractivity contribution in [2.75, 3.05) is 13.1 Å². The highest BCUT2D eigenvalue weighted by atomic mass is 16.6. The minimum atomic E-state index is -1.70. The van der Waals surface area contributed by atoms with Crippen LogP contribution in [0, 0.1) is 0 Å². The number of aliphatic carboxylic acids is 1. The predicted octanol–water partition coefficient (Wildman–Crippen LogP) is 7.31. The zero-order valence-corrected chi connectivity index (χ0v) is 30.7. The van der Waals surface area contributed by atoms with Gasteiger partial charge in [-0.3, -0.25) is 0 Å². The van der Waals surface area contributed by atoms with Gasteiger partial charge in [0, 0.05) is 29.7 Å². The molecule has 9 N–H and O–H groups in total. The molecule has 0 heterocycles. The maximum Gasteiger partial charge on any atom is 0.345 e. The molecule has 0 fully saturated rings. The number of ether oxygens (including phenoxy) is 1. The van der Waals surface area contributed by atoms with Gasteiger partial charge in [0.05, 0.1) is 0 Å². The second kappa shape index (κ2) is 17.8. The highest BCUT2D eigenvalue weighted by molar-refractivity contribution is 5.96. The van der Waals surface area contributed by atoms with Gasteiger partial charge in [-0.25, -0.2) is 9.59 Å². The summed E-state index contributed by atoms with van der Waals surface area (Å²) in [6, 6.07) is 13.1. The minimum Gasteiger partial charge on any atom is -0.508 e. The fourth-order valence-corrected chi connectivity index (χ4v) is 7.06. The van der Waals surface area contributed by atoms with Crippen LogP contribution in [0.2, 0.25) is 0 Å². The van der Waals surface area contributed by atoms with Crippen molar-refractivity contribution in [1.29, 1.82) is 0 Å². The van der Waals surface area contributed by atoms with E-state index in [-0.39, 0.29) is 23.8 Å². The Morgan fingerprint density at radius 3 is 2.18 bits per heavy atom. The first-order valence-corrected chi connectivity index (χ1v) is 18.3. The fourth-order valence-electron chi connectivity index (χ4n) is 7.06. The van der Waals surface area contributed by atoms with E-state index in [0.717, 1.165) is 12.8 Å². The SMILES string of the molecule is CCCCC/C(=C\C(=O)O[C@@H](C(=O)O)[C@H](CNCC)c1ccc(O)c(O)c1)c1cc(O)c(O)cc1/C=C/c1cc(O)c(O)c2c1-c1cccc(O)c1CCC2. The Morgan fingerprint density at radius 1 is 0.782 bits per heavy atom. The Kier molecular flexibility index (Phi) is 13.0. The summed E-state index contributed by atoms with van der Waals surface area (Å²) in [5, 5.41) is 86.9. The number of unbranched alkanes of at least 4 members (excludes halogenated alkanes) is 2. The first kappa shape index (κ1) is 40.1. The highest BCUT2D eigenvalue weighted by Crippen LogP contribution is 2.46. The lowest BCUT2D eigenvalue weighted by molar-refractivity contribution is -0.162. The van der Waals surface area contributed by atoms with Crippen molar-refractivity contribution in [3.05, 3.63) is 94.1 Å². The summed E-state index contributed by atoms with van der Waals surface area (Å²) in [5.74, 6) is -5.56. The van der Waals surface area contributed by atoms with Crippen LogP contribution in [0.25, 0.3) is 28.9 Å². The number of carboxylic acids is 1. The molecular weight excluding hydrogens is 706 g/mol. The molecule has 0 aliphatic heterocycles. The maximum absolute atomic E-state index is 13.7. The zero-order valence-electron chi connectivity index (χ0n) is 30.7. The van der Waals surface area contributed by atoms with E-state index in [9.17, 15) is 50.4 Å². The number of carbonyl (C=O) groups is 2. The maximum atomic E-state index is 13.7. The molecular formula is C43H47NO11. The van der Waals surface area contributed by atoms with E-state index in [2.05, 4.69) is 5.32 Å². The van der Waals surface area contributed by atoms with Crippen molar-refractivity contribution >= 4 is 29.7 Å². The number of likely N-dealkylation sites (N-methyl/N-ethyl adjacent to an activating group) is 1. The number of hydrogen-bond donors (Lipinski definition) is 9. The molecule has 1 aliphatic carbocycles. The Balaban J connectivity index is 1.59. The van der Waals surface area contributed by atoms with Gasteiger partial charge < -0.3 is 50.9 Å². The second-order valence-electron chi connectivity index (χ2n) is 13.6. The summed E-state index contributed by atoms with van der Waals surface area (Å²) in [5.41, 5.74) is 4.48. The van der Waals surface area contributed by atoms with Gasteiger partial charge in [0.1, 0.15) is 5.75 Å². The van der Waals surface area contributed by atoms with E-state index in [0.29, 0.717) is 88.7 Å². The Bertz CT molecular complexity index is 2120. The predicted molar refractivity (Wildman–Crippen MR) is 208 cm³/mol. The summed E-state index contributed by atoms with van der Waals surface area (Å²) in [6.07, 6.45) is 6.97. The Hall–Kier alpha value is -6.14. The van der Waals surface area contributed by atoms with Crippen LogP contribution in [0.15, 0.2) is 60.7 Å². The monoisotopic (exact) mass is 753 g/mol. The van der Waals surface area contributed by atoms with Gasteiger partial charge in [-0.2, -0.15) is 0 Å². The number of carboxylic acid groups (broad SMARTS) is 1. The molecule has 1 aliphatic rings. The van der Waals surface area contributed by atoms with Gasteiger partial charge in [-0.05, 0) is 114 Å². The molecule has 0 aromatic heterocycles. The molecule has 2 atom stereocenters. The number of rotatable bonds is 15. The third-order valence-corrected chi connectivity index (χ3v) is 9.86. The zero-order chi connectivity index (χ0) is 39.8. The number of esters is 1.